The Morgan fingerprint density at radius 3 is 2.52 bits per heavy atom. The summed E-state index contributed by atoms with van der Waals surface area (Å²) in [6, 6.07) is 16.4. The van der Waals surface area contributed by atoms with Crippen molar-refractivity contribution in [2.24, 2.45) is 0 Å². The molecule has 1 N–H and O–H groups in total. The van der Waals surface area contributed by atoms with Crippen molar-refractivity contribution in [2.75, 3.05) is 5.32 Å². The van der Waals surface area contributed by atoms with Crippen LogP contribution in [0.15, 0.2) is 71.1 Å². The fourth-order valence-corrected chi connectivity index (χ4v) is 4.25. The fourth-order valence-electron chi connectivity index (χ4n) is 3.35. The lowest BCUT2D eigenvalue weighted by Crippen LogP contribution is -2.24. The Labute approximate surface area is 183 Å². The van der Waals surface area contributed by atoms with E-state index < -0.39 is 0 Å². The highest BCUT2D eigenvalue weighted by molar-refractivity contribution is 7.17. The van der Waals surface area contributed by atoms with Crippen molar-refractivity contribution in [3.05, 3.63) is 82.2 Å². The molecule has 0 aliphatic rings. The van der Waals surface area contributed by atoms with E-state index in [0.29, 0.717) is 27.9 Å². The third-order valence-electron chi connectivity index (χ3n) is 4.93. The van der Waals surface area contributed by atoms with Gasteiger partial charge in [-0.15, -0.1) is 11.3 Å². The van der Waals surface area contributed by atoms with Crippen molar-refractivity contribution in [3.8, 4) is 11.1 Å². The number of hydrogen-bond donors (Lipinski definition) is 1. The predicted molar refractivity (Wildman–Crippen MR) is 124 cm³/mol. The molecule has 156 valence electrons. The van der Waals surface area contributed by atoms with Crippen LogP contribution in [0.1, 0.15) is 30.1 Å². The highest BCUT2D eigenvalue weighted by Crippen LogP contribution is 2.30. The third-order valence-corrected chi connectivity index (χ3v) is 5.81. The number of nitrogens with one attached hydrogen (secondary N) is 1. The Bertz CT molecular complexity index is 1290. The lowest BCUT2D eigenvalue weighted by molar-refractivity contribution is -0.116. The molecule has 1 amide bonds. The van der Waals surface area contributed by atoms with Crippen molar-refractivity contribution in [1.29, 1.82) is 0 Å². The molecule has 0 spiro atoms. The number of rotatable bonds is 7. The largest absolute Gasteiger partial charge is 0.326 e. The average Bonchev–Trinajstić information content (AvgIpc) is 3.22. The zero-order chi connectivity index (χ0) is 21.8. The number of amides is 1. The summed E-state index contributed by atoms with van der Waals surface area (Å²) in [7, 11) is 0. The van der Waals surface area contributed by atoms with Gasteiger partial charge in [-0.1, -0.05) is 37.3 Å². The molecule has 0 bridgehead atoms. The van der Waals surface area contributed by atoms with Gasteiger partial charge in [-0.05, 0) is 36.2 Å². The number of carbonyl (C=O) groups excluding carboxylic acids is 2. The predicted octanol–water partition coefficient (Wildman–Crippen LogP) is 4.75. The van der Waals surface area contributed by atoms with Gasteiger partial charge < -0.3 is 5.32 Å². The minimum atomic E-state index is -0.234. The number of nitrogens with zero attached hydrogens (tertiary/aromatic N) is 2. The molecule has 0 atom stereocenters. The minimum absolute atomic E-state index is 0.0579. The first-order valence-electron chi connectivity index (χ1n) is 10.0. The summed E-state index contributed by atoms with van der Waals surface area (Å²) in [5.74, 6) is -0.260. The lowest BCUT2D eigenvalue weighted by atomic mass is 10.1. The zero-order valence-corrected chi connectivity index (χ0v) is 17.8. The number of thiophene rings is 1. The van der Waals surface area contributed by atoms with Gasteiger partial charge in [-0.2, -0.15) is 0 Å². The Hall–Kier alpha value is -3.58. The average molecular weight is 432 g/mol. The summed E-state index contributed by atoms with van der Waals surface area (Å²) in [5.41, 5.74) is 2.64. The van der Waals surface area contributed by atoms with Crippen molar-refractivity contribution >= 4 is 38.9 Å². The van der Waals surface area contributed by atoms with E-state index in [1.165, 1.54) is 22.2 Å². The molecular weight excluding hydrogens is 410 g/mol. The normalized spacial score (nSPS) is 10.9. The molecule has 4 aromatic rings. The maximum Gasteiger partial charge on any atom is 0.263 e. The van der Waals surface area contributed by atoms with Crippen LogP contribution >= 0.6 is 11.3 Å². The molecule has 0 fully saturated rings. The molecule has 2 aromatic carbocycles. The van der Waals surface area contributed by atoms with Crippen LogP contribution < -0.4 is 10.9 Å². The van der Waals surface area contributed by atoms with E-state index >= 15 is 0 Å². The summed E-state index contributed by atoms with van der Waals surface area (Å²) >= 11 is 1.41. The van der Waals surface area contributed by atoms with Crippen molar-refractivity contribution < 1.29 is 9.59 Å². The maximum atomic E-state index is 13.1. The van der Waals surface area contributed by atoms with Gasteiger partial charge in [0.15, 0.2) is 5.78 Å². The number of carbonyl (C=O) groups is 2. The Morgan fingerprint density at radius 1 is 1.06 bits per heavy atom. The van der Waals surface area contributed by atoms with Gasteiger partial charge in [0.1, 0.15) is 4.83 Å². The second-order valence-corrected chi connectivity index (χ2v) is 8.03. The van der Waals surface area contributed by atoms with E-state index in [1.54, 1.807) is 24.3 Å². The molecule has 0 aliphatic carbocycles. The van der Waals surface area contributed by atoms with E-state index in [-0.39, 0.29) is 23.8 Å². The Morgan fingerprint density at radius 2 is 1.81 bits per heavy atom. The monoisotopic (exact) mass is 431 g/mol. The number of hydrogen-bond acceptors (Lipinski definition) is 5. The van der Waals surface area contributed by atoms with E-state index in [1.807, 2.05) is 42.6 Å². The molecule has 4 rings (SSSR count). The second-order valence-electron chi connectivity index (χ2n) is 7.17. The first-order chi connectivity index (χ1) is 15.1. The first kappa shape index (κ1) is 20.7. The van der Waals surface area contributed by atoms with Crippen LogP contribution in [0.2, 0.25) is 0 Å². The third kappa shape index (κ3) is 4.46. The summed E-state index contributed by atoms with van der Waals surface area (Å²) in [5, 5.41) is 5.24. The second kappa shape index (κ2) is 9.06. The fraction of sp³-hybridized carbons (Fsp3) is 0.167. The molecule has 2 aromatic heterocycles. The van der Waals surface area contributed by atoms with Gasteiger partial charge in [0.25, 0.3) is 5.56 Å². The Balaban J connectivity index is 1.57. The minimum Gasteiger partial charge on any atom is -0.326 e. The molecule has 0 unspecified atom stereocenters. The lowest BCUT2D eigenvalue weighted by Gasteiger charge is -2.08. The van der Waals surface area contributed by atoms with Crippen LogP contribution in [0.25, 0.3) is 21.3 Å². The van der Waals surface area contributed by atoms with Crippen LogP contribution in [-0.4, -0.2) is 21.2 Å². The van der Waals surface area contributed by atoms with Crippen molar-refractivity contribution in [2.45, 2.75) is 26.3 Å². The van der Waals surface area contributed by atoms with Gasteiger partial charge in [0.05, 0.1) is 18.3 Å². The van der Waals surface area contributed by atoms with Crippen LogP contribution in [0.5, 0.6) is 0 Å². The molecule has 7 heteroatoms. The summed E-state index contributed by atoms with van der Waals surface area (Å²) in [6.45, 7) is 1.84. The van der Waals surface area contributed by atoms with Gasteiger partial charge >= 0.3 is 0 Å². The van der Waals surface area contributed by atoms with E-state index in [2.05, 4.69) is 10.3 Å². The molecule has 0 radical (unpaired) electrons. The number of anilines is 1. The standard InChI is InChI=1S/C24H21N3O3S/c1-2-6-21(29)26-18-11-9-17(10-12-18)20(28)13-27-15-25-23-22(24(27)30)19(14-31-23)16-7-4-3-5-8-16/h3-5,7-12,14-15H,2,6,13H2,1H3,(H,26,29). The molecule has 0 aliphatic heterocycles. The number of fused-ring (bicyclic) bond motifs is 1. The summed E-state index contributed by atoms with van der Waals surface area (Å²) < 4.78 is 1.35. The van der Waals surface area contributed by atoms with Crippen molar-refractivity contribution in [3.63, 3.8) is 0 Å². The van der Waals surface area contributed by atoms with Crippen LogP contribution in [0.3, 0.4) is 0 Å². The topological polar surface area (TPSA) is 81.1 Å². The quantitative estimate of drug-likeness (QED) is 0.428. The number of Topliss-reactive ketones (excluding diaryl/α,β-unsaturated/α-hetero) is 1. The SMILES string of the molecule is CCCC(=O)Nc1ccc(C(=O)Cn2cnc3scc(-c4ccccc4)c3c2=O)cc1. The number of aromatic nitrogens is 2. The molecule has 0 saturated heterocycles. The molecule has 31 heavy (non-hydrogen) atoms. The number of benzene rings is 2. The van der Waals surface area contributed by atoms with E-state index in [4.69, 9.17) is 0 Å². The number of ketones is 1. The highest BCUT2D eigenvalue weighted by Gasteiger charge is 2.15. The van der Waals surface area contributed by atoms with Gasteiger partial charge in [-0.25, -0.2) is 4.98 Å². The van der Waals surface area contributed by atoms with Crippen LogP contribution in [0.4, 0.5) is 5.69 Å². The van der Waals surface area contributed by atoms with Gasteiger partial charge in [-0.3, -0.25) is 19.0 Å². The van der Waals surface area contributed by atoms with E-state index in [0.717, 1.165) is 17.5 Å². The van der Waals surface area contributed by atoms with Crippen LogP contribution in [-0.2, 0) is 11.3 Å². The smallest absolute Gasteiger partial charge is 0.263 e. The van der Waals surface area contributed by atoms with Gasteiger partial charge in [0, 0.05) is 28.6 Å². The molecule has 0 saturated carbocycles. The zero-order valence-electron chi connectivity index (χ0n) is 17.0. The Kier molecular flexibility index (Phi) is 6.04. The van der Waals surface area contributed by atoms with Gasteiger partial charge in [0.2, 0.25) is 5.91 Å². The maximum absolute atomic E-state index is 13.1. The highest BCUT2D eigenvalue weighted by atomic mass is 32.1. The van der Waals surface area contributed by atoms with Crippen LogP contribution in [0, 0.1) is 0 Å². The van der Waals surface area contributed by atoms with E-state index in [9.17, 15) is 14.4 Å². The summed E-state index contributed by atoms with van der Waals surface area (Å²) in [4.78, 5) is 42.6. The van der Waals surface area contributed by atoms with Crippen molar-refractivity contribution in [1.82, 2.24) is 9.55 Å². The summed E-state index contributed by atoms with van der Waals surface area (Å²) in [6.07, 6.45) is 2.64. The molecular formula is C24H21N3O3S. The first-order valence-corrected chi connectivity index (χ1v) is 10.9. The molecule has 6 nitrogen and oxygen atoms in total. The molecule has 2 heterocycles.